The number of hydrogen-bond donors (Lipinski definition) is 1. The third kappa shape index (κ3) is 8.71. The van der Waals surface area contributed by atoms with Gasteiger partial charge < -0.3 is 10.2 Å². The second kappa shape index (κ2) is 15.2. The Hall–Kier alpha value is -4.21. The van der Waals surface area contributed by atoms with Crippen molar-refractivity contribution in [1.29, 1.82) is 0 Å². The highest BCUT2D eigenvalue weighted by molar-refractivity contribution is 7.92. The zero-order valence-electron chi connectivity index (χ0n) is 25.5. The molecule has 4 aromatic carbocycles. The molecule has 0 fully saturated rings. The number of carbonyl (C=O) groups is 2. The van der Waals surface area contributed by atoms with Crippen LogP contribution in [0.15, 0.2) is 108 Å². The van der Waals surface area contributed by atoms with Gasteiger partial charge in [0.15, 0.2) is 0 Å². The first-order chi connectivity index (χ1) is 21.5. The molecule has 0 spiro atoms. The van der Waals surface area contributed by atoms with Gasteiger partial charge >= 0.3 is 0 Å². The predicted molar refractivity (Wildman–Crippen MR) is 176 cm³/mol. The lowest BCUT2D eigenvalue weighted by Gasteiger charge is -2.34. The first-order valence-corrected chi connectivity index (χ1v) is 16.5. The molecular weight excluding hydrogens is 613 g/mol. The molecule has 1 N–H and O–H groups in total. The Kier molecular flexibility index (Phi) is 11.4. The largest absolute Gasteiger partial charge is 0.352 e. The molecule has 0 unspecified atom stereocenters. The summed E-state index contributed by atoms with van der Waals surface area (Å²) in [4.78, 5) is 29.5. The van der Waals surface area contributed by atoms with E-state index >= 15 is 4.39 Å². The van der Waals surface area contributed by atoms with Crippen LogP contribution in [0.4, 0.5) is 10.1 Å². The summed E-state index contributed by atoms with van der Waals surface area (Å²) in [6.45, 7) is 4.77. The molecule has 0 bridgehead atoms. The molecule has 0 heterocycles. The van der Waals surface area contributed by atoms with Gasteiger partial charge in [-0.3, -0.25) is 13.9 Å². The zero-order valence-corrected chi connectivity index (χ0v) is 27.1. The van der Waals surface area contributed by atoms with Crippen molar-refractivity contribution in [2.75, 3.05) is 10.8 Å². The molecule has 2 amide bonds. The molecular formula is C35H37ClFN3O4S. The van der Waals surface area contributed by atoms with Crippen molar-refractivity contribution in [3.63, 3.8) is 0 Å². The number of hydrogen-bond acceptors (Lipinski definition) is 4. The van der Waals surface area contributed by atoms with E-state index in [-0.39, 0.29) is 35.2 Å². The topological polar surface area (TPSA) is 86.8 Å². The third-order valence-corrected chi connectivity index (χ3v) is 9.61. The molecule has 0 aromatic heterocycles. The van der Waals surface area contributed by atoms with E-state index in [4.69, 9.17) is 11.6 Å². The number of nitrogens with one attached hydrogen (secondary N) is 1. The van der Waals surface area contributed by atoms with E-state index in [9.17, 15) is 18.0 Å². The number of benzene rings is 4. The minimum Gasteiger partial charge on any atom is -0.352 e. The first-order valence-electron chi connectivity index (χ1n) is 14.7. The lowest BCUT2D eigenvalue weighted by Crippen LogP contribution is -2.54. The van der Waals surface area contributed by atoms with Gasteiger partial charge in [0.05, 0.1) is 10.6 Å². The van der Waals surface area contributed by atoms with Crippen molar-refractivity contribution < 1.29 is 22.4 Å². The summed E-state index contributed by atoms with van der Waals surface area (Å²) >= 11 is 6.03. The van der Waals surface area contributed by atoms with Crippen molar-refractivity contribution >= 4 is 39.1 Å². The Balaban J connectivity index is 1.81. The molecule has 0 aliphatic carbocycles. The molecule has 4 aromatic rings. The van der Waals surface area contributed by atoms with Gasteiger partial charge in [0, 0.05) is 29.6 Å². The van der Waals surface area contributed by atoms with Crippen molar-refractivity contribution in [2.24, 2.45) is 0 Å². The number of nitrogens with zero attached hydrogens (tertiary/aromatic N) is 2. The van der Waals surface area contributed by atoms with Gasteiger partial charge in [0.1, 0.15) is 18.4 Å². The maximum Gasteiger partial charge on any atom is 0.264 e. The van der Waals surface area contributed by atoms with E-state index in [1.165, 1.54) is 35.2 Å². The molecule has 4 rings (SSSR count). The minimum atomic E-state index is -4.27. The van der Waals surface area contributed by atoms with Crippen LogP contribution in [-0.4, -0.2) is 43.8 Å². The summed E-state index contributed by atoms with van der Waals surface area (Å²) in [6, 6.07) is 26.4. The monoisotopic (exact) mass is 649 g/mol. The summed E-state index contributed by atoms with van der Waals surface area (Å²) in [5, 5.41) is 3.33. The van der Waals surface area contributed by atoms with Crippen molar-refractivity contribution in [3.8, 4) is 0 Å². The van der Waals surface area contributed by atoms with Crippen LogP contribution in [0.25, 0.3) is 0 Å². The number of aryl methyl sites for hydroxylation is 1. The first kappa shape index (κ1) is 33.7. The quantitative estimate of drug-likeness (QED) is 0.178. The summed E-state index contributed by atoms with van der Waals surface area (Å²) in [5.74, 6) is -1.63. The maximum absolute atomic E-state index is 15.0. The van der Waals surface area contributed by atoms with Crippen LogP contribution >= 0.6 is 11.6 Å². The number of halogens is 2. The fourth-order valence-corrected chi connectivity index (χ4v) is 6.32. The Morgan fingerprint density at radius 3 is 2.13 bits per heavy atom. The van der Waals surface area contributed by atoms with Crippen LogP contribution in [0, 0.1) is 12.7 Å². The molecule has 236 valence electrons. The highest BCUT2D eigenvalue weighted by atomic mass is 35.5. The van der Waals surface area contributed by atoms with Gasteiger partial charge in [-0.25, -0.2) is 12.8 Å². The summed E-state index contributed by atoms with van der Waals surface area (Å²) < 4.78 is 44.1. The van der Waals surface area contributed by atoms with Gasteiger partial charge in [-0.05, 0) is 68.3 Å². The van der Waals surface area contributed by atoms with E-state index in [1.807, 2.05) is 51.1 Å². The highest BCUT2D eigenvalue weighted by Gasteiger charge is 2.35. The van der Waals surface area contributed by atoms with Gasteiger partial charge in [0.25, 0.3) is 10.0 Å². The number of carbonyl (C=O) groups excluding carboxylic acids is 2. The van der Waals surface area contributed by atoms with Gasteiger partial charge in [-0.1, -0.05) is 84.8 Å². The van der Waals surface area contributed by atoms with Crippen molar-refractivity contribution in [2.45, 2.75) is 57.1 Å². The Labute approximate surface area is 269 Å². The van der Waals surface area contributed by atoms with Crippen LogP contribution in [0.5, 0.6) is 0 Å². The minimum absolute atomic E-state index is 0.0590. The van der Waals surface area contributed by atoms with E-state index in [0.29, 0.717) is 11.4 Å². The zero-order chi connectivity index (χ0) is 32.6. The standard InChI is InChI=1S/C35H37ClFN3O4S/c1-4-26(3)38-35(42)33(22-27-10-6-5-7-11-27)39(23-28-12-8-9-13-32(28)37)34(41)24-40(30-18-14-25(2)15-19-30)45(43,44)31-20-16-29(36)17-21-31/h5-21,26,33H,4,22-24H2,1-3H3,(H,38,42)/t26-,33-/m0/s1. The molecule has 0 aliphatic rings. The summed E-state index contributed by atoms with van der Waals surface area (Å²) in [7, 11) is -4.27. The fraction of sp³-hybridized carbons (Fsp3) is 0.257. The lowest BCUT2D eigenvalue weighted by molar-refractivity contribution is -0.140. The van der Waals surface area contributed by atoms with Gasteiger partial charge in [-0.15, -0.1) is 0 Å². The Morgan fingerprint density at radius 2 is 1.51 bits per heavy atom. The molecule has 45 heavy (non-hydrogen) atoms. The van der Waals surface area contributed by atoms with E-state index < -0.39 is 40.2 Å². The second-order valence-electron chi connectivity index (χ2n) is 10.9. The third-order valence-electron chi connectivity index (χ3n) is 7.57. The summed E-state index contributed by atoms with van der Waals surface area (Å²) in [6.07, 6.45) is 0.795. The molecule has 0 saturated carbocycles. The van der Waals surface area contributed by atoms with Crippen molar-refractivity contribution in [3.05, 3.63) is 131 Å². The molecule has 0 saturated heterocycles. The van der Waals surface area contributed by atoms with Crippen LogP contribution in [0.1, 0.15) is 37.0 Å². The molecule has 2 atom stereocenters. The molecule has 7 nitrogen and oxygen atoms in total. The van der Waals surface area contributed by atoms with Gasteiger partial charge in [0.2, 0.25) is 11.8 Å². The average Bonchev–Trinajstić information content (AvgIpc) is 3.03. The summed E-state index contributed by atoms with van der Waals surface area (Å²) in [5.41, 5.74) is 2.15. The predicted octanol–water partition coefficient (Wildman–Crippen LogP) is 6.54. The Morgan fingerprint density at radius 1 is 0.889 bits per heavy atom. The average molecular weight is 650 g/mol. The Bertz CT molecular complexity index is 1700. The SMILES string of the molecule is CC[C@H](C)NC(=O)[C@H](Cc1ccccc1)N(Cc1ccccc1F)C(=O)CN(c1ccc(C)cc1)S(=O)(=O)c1ccc(Cl)cc1. The molecule has 10 heteroatoms. The smallest absolute Gasteiger partial charge is 0.264 e. The number of sulfonamides is 1. The number of rotatable bonds is 13. The van der Waals surface area contributed by atoms with E-state index in [1.54, 1.807) is 42.5 Å². The number of anilines is 1. The van der Waals surface area contributed by atoms with Crippen LogP contribution in [0.2, 0.25) is 5.02 Å². The van der Waals surface area contributed by atoms with E-state index in [2.05, 4.69) is 5.32 Å². The normalized spacial score (nSPS) is 12.6. The molecule has 0 aliphatic heterocycles. The maximum atomic E-state index is 15.0. The van der Waals surface area contributed by atoms with Crippen molar-refractivity contribution in [1.82, 2.24) is 10.2 Å². The fourth-order valence-electron chi connectivity index (χ4n) is 4.78. The van der Waals surface area contributed by atoms with Crippen LogP contribution < -0.4 is 9.62 Å². The van der Waals surface area contributed by atoms with Gasteiger partial charge in [-0.2, -0.15) is 0 Å². The second-order valence-corrected chi connectivity index (χ2v) is 13.2. The lowest BCUT2D eigenvalue weighted by atomic mass is 10.0. The van der Waals surface area contributed by atoms with E-state index in [0.717, 1.165) is 15.4 Å². The highest BCUT2D eigenvalue weighted by Crippen LogP contribution is 2.26. The number of amides is 2. The van der Waals surface area contributed by atoms with Crippen LogP contribution in [-0.2, 0) is 32.6 Å². The molecule has 0 radical (unpaired) electrons. The van der Waals surface area contributed by atoms with Crippen LogP contribution in [0.3, 0.4) is 0 Å².